The van der Waals surface area contributed by atoms with Crippen molar-refractivity contribution in [2.45, 2.75) is 19.4 Å². The molecule has 31 heavy (non-hydrogen) atoms. The van der Waals surface area contributed by atoms with Crippen molar-refractivity contribution in [3.63, 3.8) is 0 Å². The third kappa shape index (κ3) is 4.30. The van der Waals surface area contributed by atoms with E-state index in [1.165, 1.54) is 36.5 Å². The highest BCUT2D eigenvalue weighted by Gasteiger charge is 2.25. The molecule has 2 aromatic carbocycles. The zero-order valence-corrected chi connectivity index (χ0v) is 16.4. The number of carbonyl (C=O) groups excluding carboxylic acids is 2. The lowest BCUT2D eigenvalue weighted by Gasteiger charge is -2.31. The first-order valence-electron chi connectivity index (χ1n) is 9.71. The summed E-state index contributed by atoms with van der Waals surface area (Å²) in [6.45, 7) is 0.251. The fraction of sp³-hybridized carbons (Fsp3) is 0.182. The van der Waals surface area contributed by atoms with Gasteiger partial charge in [-0.1, -0.05) is 6.07 Å². The topological polar surface area (TPSA) is 104 Å². The Morgan fingerprint density at radius 1 is 1.06 bits per heavy atom. The largest absolute Gasteiger partial charge is 0.328 e. The number of hydrogen-bond donors (Lipinski definition) is 2. The van der Waals surface area contributed by atoms with Gasteiger partial charge in [-0.2, -0.15) is 0 Å². The van der Waals surface area contributed by atoms with E-state index in [0.29, 0.717) is 36.3 Å². The fourth-order valence-electron chi connectivity index (χ4n) is 3.60. The second-order valence-corrected chi connectivity index (χ2v) is 7.15. The number of anilines is 2. The van der Waals surface area contributed by atoms with E-state index in [0.717, 1.165) is 10.1 Å². The third-order valence-corrected chi connectivity index (χ3v) is 5.11. The van der Waals surface area contributed by atoms with Gasteiger partial charge in [0.25, 0.3) is 11.5 Å². The summed E-state index contributed by atoms with van der Waals surface area (Å²) in [5, 5.41) is 2.84. The summed E-state index contributed by atoms with van der Waals surface area (Å²) >= 11 is 0. The molecule has 1 aliphatic heterocycles. The molecule has 1 aromatic heterocycles. The summed E-state index contributed by atoms with van der Waals surface area (Å²) < 4.78 is 14.3. The van der Waals surface area contributed by atoms with Crippen molar-refractivity contribution in [1.82, 2.24) is 9.55 Å². The molecule has 0 bridgehead atoms. The minimum absolute atomic E-state index is 0.221. The van der Waals surface area contributed by atoms with E-state index in [4.69, 9.17) is 0 Å². The maximum Gasteiger partial charge on any atom is 0.328 e. The number of aromatic amines is 1. The maximum atomic E-state index is 13.1. The maximum absolute atomic E-state index is 13.1. The molecular weight excluding hydrogens is 403 g/mol. The molecule has 8 nitrogen and oxygen atoms in total. The molecule has 1 aliphatic rings. The SMILES string of the molecule is O=C(Nc1cccc2c1CCCN2C(=O)Cn1ccc(=O)[nH]c1=O)c1ccc(F)cc1. The highest BCUT2D eigenvalue weighted by Crippen LogP contribution is 2.33. The quantitative estimate of drug-likeness (QED) is 0.670. The molecule has 0 unspecified atom stereocenters. The number of H-pyrrole nitrogens is 1. The molecule has 2 amide bonds. The lowest BCUT2D eigenvalue weighted by molar-refractivity contribution is -0.119. The van der Waals surface area contributed by atoms with Gasteiger partial charge in [0.2, 0.25) is 5.91 Å². The van der Waals surface area contributed by atoms with E-state index >= 15 is 0 Å². The van der Waals surface area contributed by atoms with Gasteiger partial charge in [0, 0.05) is 35.7 Å². The molecule has 9 heteroatoms. The van der Waals surface area contributed by atoms with Crippen LogP contribution in [0, 0.1) is 5.82 Å². The van der Waals surface area contributed by atoms with E-state index in [1.807, 2.05) is 0 Å². The monoisotopic (exact) mass is 422 g/mol. The summed E-state index contributed by atoms with van der Waals surface area (Å²) in [6.07, 6.45) is 2.63. The smallest absolute Gasteiger partial charge is 0.322 e. The first-order chi connectivity index (χ1) is 14.9. The second-order valence-electron chi connectivity index (χ2n) is 7.15. The van der Waals surface area contributed by atoms with E-state index in [2.05, 4.69) is 10.3 Å². The van der Waals surface area contributed by atoms with Crippen LogP contribution in [0.3, 0.4) is 0 Å². The number of halogens is 1. The summed E-state index contributed by atoms with van der Waals surface area (Å²) in [4.78, 5) is 52.3. The molecule has 0 saturated heterocycles. The summed E-state index contributed by atoms with van der Waals surface area (Å²) in [7, 11) is 0. The van der Waals surface area contributed by atoms with Gasteiger partial charge in [0.1, 0.15) is 12.4 Å². The first kappa shape index (κ1) is 20.3. The van der Waals surface area contributed by atoms with Gasteiger partial charge in [-0.15, -0.1) is 0 Å². The Balaban J connectivity index is 1.58. The number of benzene rings is 2. The molecule has 0 saturated carbocycles. The molecule has 3 aromatic rings. The lowest BCUT2D eigenvalue weighted by Crippen LogP contribution is -2.40. The van der Waals surface area contributed by atoms with Crippen LogP contribution in [0.4, 0.5) is 15.8 Å². The Labute approximate surface area is 176 Å². The molecular formula is C22H19FN4O4. The Bertz CT molecular complexity index is 1260. The second kappa shape index (κ2) is 8.39. The number of hydrogen-bond acceptors (Lipinski definition) is 4. The number of nitrogens with zero attached hydrogens (tertiary/aromatic N) is 2. The van der Waals surface area contributed by atoms with Gasteiger partial charge < -0.3 is 10.2 Å². The number of carbonyl (C=O) groups is 2. The Morgan fingerprint density at radius 3 is 2.58 bits per heavy atom. The van der Waals surface area contributed by atoms with Gasteiger partial charge in [0.05, 0.1) is 0 Å². The molecule has 0 aliphatic carbocycles. The number of fused-ring (bicyclic) bond motifs is 1. The number of amides is 2. The van der Waals surface area contributed by atoms with Crippen LogP contribution >= 0.6 is 0 Å². The normalized spacial score (nSPS) is 12.9. The van der Waals surface area contributed by atoms with Crippen LogP contribution in [0.15, 0.2) is 64.3 Å². The highest BCUT2D eigenvalue weighted by atomic mass is 19.1. The van der Waals surface area contributed by atoms with Crippen molar-refractivity contribution < 1.29 is 14.0 Å². The van der Waals surface area contributed by atoms with Crippen LogP contribution in [0.25, 0.3) is 0 Å². The molecule has 4 rings (SSSR count). The first-order valence-corrected chi connectivity index (χ1v) is 9.71. The van der Waals surface area contributed by atoms with Crippen LogP contribution in [-0.4, -0.2) is 27.9 Å². The van der Waals surface area contributed by atoms with Crippen LogP contribution < -0.4 is 21.5 Å². The summed E-state index contributed by atoms with van der Waals surface area (Å²) in [5.41, 5.74) is 1.18. The Kier molecular flexibility index (Phi) is 5.48. The minimum Gasteiger partial charge on any atom is -0.322 e. The molecule has 0 fully saturated rings. The summed E-state index contributed by atoms with van der Waals surface area (Å²) in [6, 6.07) is 11.7. The Morgan fingerprint density at radius 2 is 1.84 bits per heavy atom. The van der Waals surface area contributed by atoms with Crippen LogP contribution in [0.1, 0.15) is 22.3 Å². The molecule has 2 heterocycles. The standard InChI is InChI=1S/C22H19FN4O4/c23-15-8-6-14(7-9-15)21(30)24-17-4-1-5-18-16(17)3-2-11-27(18)20(29)13-26-12-10-19(28)25-22(26)31/h1,4-10,12H,2-3,11,13H2,(H,24,30)(H,25,28,31). The predicted octanol–water partition coefficient (Wildman–Crippen LogP) is 1.91. The average Bonchev–Trinajstić information content (AvgIpc) is 2.76. The van der Waals surface area contributed by atoms with Crippen LogP contribution in [-0.2, 0) is 17.8 Å². The van der Waals surface area contributed by atoms with Gasteiger partial charge in [-0.3, -0.25) is 23.9 Å². The van der Waals surface area contributed by atoms with Crippen molar-refractivity contribution in [2.24, 2.45) is 0 Å². The number of aromatic nitrogens is 2. The van der Waals surface area contributed by atoms with Crippen LogP contribution in [0.2, 0.25) is 0 Å². The molecule has 2 N–H and O–H groups in total. The van der Waals surface area contributed by atoms with Gasteiger partial charge in [-0.25, -0.2) is 9.18 Å². The lowest BCUT2D eigenvalue weighted by atomic mass is 9.99. The van der Waals surface area contributed by atoms with Crippen molar-refractivity contribution in [3.8, 4) is 0 Å². The van der Waals surface area contributed by atoms with E-state index in [1.54, 1.807) is 23.1 Å². The number of nitrogens with one attached hydrogen (secondary N) is 2. The highest BCUT2D eigenvalue weighted by molar-refractivity contribution is 6.05. The molecule has 0 spiro atoms. The zero-order valence-electron chi connectivity index (χ0n) is 16.4. The van der Waals surface area contributed by atoms with Gasteiger partial charge in [-0.05, 0) is 54.8 Å². The minimum atomic E-state index is -0.654. The molecule has 0 radical (unpaired) electrons. The summed E-state index contributed by atoms with van der Waals surface area (Å²) in [5.74, 6) is -1.11. The van der Waals surface area contributed by atoms with Crippen LogP contribution in [0.5, 0.6) is 0 Å². The van der Waals surface area contributed by atoms with E-state index in [-0.39, 0.29) is 18.4 Å². The van der Waals surface area contributed by atoms with Crippen molar-refractivity contribution in [1.29, 1.82) is 0 Å². The van der Waals surface area contributed by atoms with Crippen molar-refractivity contribution in [2.75, 3.05) is 16.8 Å². The molecule has 0 atom stereocenters. The van der Waals surface area contributed by atoms with Crippen molar-refractivity contribution >= 4 is 23.2 Å². The third-order valence-electron chi connectivity index (χ3n) is 5.11. The predicted molar refractivity (Wildman–Crippen MR) is 113 cm³/mol. The van der Waals surface area contributed by atoms with Crippen molar-refractivity contribution in [3.05, 3.63) is 92.5 Å². The van der Waals surface area contributed by atoms with Gasteiger partial charge >= 0.3 is 5.69 Å². The molecule has 158 valence electrons. The Hall–Kier alpha value is -4.01. The van der Waals surface area contributed by atoms with Gasteiger partial charge in [0.15, 0.2) is 0 Å². The van der Waals surface area contributed by atoms with E-state index < -0.39 is 17.1 Å². The number of rotatable bonds is 4. The average molecular weight is 422 g/mol. The fourth-order valence-corrected chi connectivity index (χ4v) is 3.60. The van der Waals surface area contributed by atoms with E-state index in [9.17, 15) is 23.6 Å². The zero-order chi connectivity index (χ0) is 22.0.